The van der Waals surface area contributed by atoms with E-state index in [1.807, 2.05) is 13.8 Å². The molecule has 1 saturated carbocycles. The van der Waals surface area contributed by atoms with Crippen molar-refractivity contribution in [2.45, 2.75) is 64.5 Å². The smallest absolute Gasteiger partial charge is 0.340 e. The minimum absolute atomic E-state index is 0.323. The van der Waals surface area contributed by atoms with Crippen LogP contribution in [0.2, 0.25) is 0 Å². The molecule has 1 aromatic rings. The average Bonchev–Trinajstić information content (AvgIpc) is 2.92. The minimum Gasteiger partial charge on any atom is -0.449 e. The number of nitrogens with zero attached hydrogens (tertiary/aromatic N) is 2. The Labute approximate surface area is 147 Å². The van der Waals surface area contributed by atoms with Crippen LogP contribution in [-0.4, -0.2) is 35.5 Å². The van der Waals surface area contributed by atoms with E-state index in [0.29, 0.717) is 18.4 Å². The van der Waals surface area contributed by atoms with Crippen molar-refractivity contribution in [3.63, 3.8) is 0 Å². The van der Waals surface area contributed by atoms with Crippen LogP contribution in [0.15, 0.2) is 6.07 Å². The van der Waals surface area contributed by atoms with E-state index in [1.54, 1.807) is 20.0 Å². The van der Waals surface area contributed by atoms with Crippen LogP contribution in [0, 0.1) is 25.2 Å². The van der Waals surface area contributed by atoms with Crippen molar-refractivity contribution in [3.05, 3.63) is 21.4 Å². The standard InChI is InChI=1S/C18H24N2O3S/c1-12-10-15(14(3)24-12)17(22)23-13(2)16(21)20(4)18(11-19)8-6-5-7-9-18/h10,13H,5-9H2,1-4H3/t13-/m0/s1. The quantitative estimate of drug-likeness (QED) is 0.780. The third-order valence-electron chi connectivity index (χ3n) is 4.75. The molecule has 0 saturated heterocycles. The Kier molecular flexibility index (Phi) is 5.66. The number of amides is 1. The molecule has 0 unspecified atom stereocenters. The van der Waals surface area contributed by atoms with E-state index in [2.05, 4.69) is 6.07 Å². The molecule has 6 heteroatoms. The fourth-order valence-electron chi connectivity index (χ4n) is 3.25. The van der Waals surface area contributed by atoms with Gasteiger partial charge in [-0.05, 0) is 39.7 Å². The van der Waals surface area contributed by atoms with Gasteiger partial charge in [-0.3, -0.25) is 4.79 Å². The monoisotopic (exact) mass is 348 g/mol. The van der Waals surface area contributed by atoms with Crippen LogP contribution in [-0.2, 0) is 9.53 Å². The van der Waals surface area contributed by atoms with Crippen LogP contribution >= 0.6 is 11.3 Å². The molecular weight excluding hydrogens is 324 g/mol. The zero-order valence-electron chi connectivity index (χ0n) is 14.7. The number of rotatable bonds is 4. The topological polar surface area (TPSA) is 70.4 Å². The van der Waals surface area contributed by atoms with E-state index in [-0.39, 0.29) is 5.91 Å². The molecule has 1 heterocycles. The number of carbonyl (C=O) groups is 2. The summed E-state index contributed by atoms with van der Waals surface area (Å²) in [6, 6.07) is 4.10. The third kappa shape index (κ3) is 3.62. The molecular formula is C18H24N2O3S. The first-order valence-electron chi connectivity index (χ1n) is 8.27. The van der Waals surface area contributed by atoms with E-state index in [4.69, 9.17) is 4.74 Å². The normalized spacial score (nSPS) is 17.6. The van der Waals surface area contributed by atoms with Crippen molar-refractivity contribution in [2.24, 2.45) is 0 Å². The number of aryl methyl sites for hydroxylation is 2. The number of nitriles is 1. The first kappa shape index (κ1) is 18.5. The van der Waals surface area contributed by atoms with Gasteiger partial charge in [-0.25, -0.2) is 4.79 Å². The molecule has 1 aliphatic rings. The highest BCUT2D eigenvalue weighted by atomic mass is 32.1. The molecule has 0 aliphatic heterocycles. The summed E-state index contributed by atoms with van der Waals surface area (Å²) in [6.45, 7) is 5.36. The van der Waals surface area contributed by atoms with Crippen LogP contribution in [0.1, 0.15) is 59.1 Å². The summed E-state index contributed by atoms with van der Waals surface area (Å²) < 4.78 is 5.36. The molecule has 0 radical (unpaired) electrons. The van der Waals surface area contributed by atoms with Crippen LogP contribution in [0.4, 0.5) is 0 Å². The summed E-state index contributed by atoms with van der Waals surface area (Å²) in [6.07, 6.45) is 3.41. The van der Waals surface area contributed by atoms with E-state index >= 15 is 0 Å². The highest BCUT2D eigenvalue weighted by molar-refractivity contribution is 7.12. The zero-order valence-corrected chi connectivity index (χ0v) is 15.5. The Bertz CT molecular complexity index is 668. The number of ether oxygens (including phenoxy) is 1. The molecule has 1 aromatic heterocycles. The Balaban J connectivity index is 2.07. The first-order chi connectivity index (χ1) is 11.3. The van der Waals surface area contributed by atoms with E-state index in [9.17, 15) is 14.9 Å². The lowest BCUT2D eigenvalue weighted by atomic mass is 9.81. The van der Waals surface area contributed by atoms with E-state index in [0.717, 1.165) is 29.0 Å². The highest BCUT2D eigenvalue weighted by Crippen LogP contribution is 2.33. The maximum absolute atomic E-state index is 12.7. The largest absolute Gasteiger partial charge is 0.449 e. The molecule has 0 bridgehead atoms. The predicted molar refractivity (Wildman–Crippen MR) is 92.9 cm³/mol. The SMILES string of the molecule is Cc1cc(C(=O)O[C@@H](C)C(=O)N(C)C2(C#N)CCCCC2)c(C)s1. The summed E-state index contributed by atoms with van der Waals surface area (Å²) in [7, 11) is 1.64. The van der Waals surface area contributed by atoms with Gasteiger partial charge >= 0.3 is 5.97 Å². The molecule has 1 aliphatic carbocycles. The lowest BCUT2D eigenvalue weighted by molar-refractivity contribution is -0.143. The van der Waals surface area contributed by atoms with E-state index in [1.165, 1.54) is 16.2 Å². The maximum Gasteiger partial charge on any atom is 0.340 e. The van der Waals surface area contributed by atoms with Gasteiger partial charge in [-0.15, -0.1) is 11.3 Å². The highest BCUT2D eigenvalue weighted by Gasteiger charge is 2.40. The third-order valence-corrected chi connectivity index (χ3v) is 5.72. The number of thiophene rings is 1. The van der Waals surface area contributed by atoms with Crippen molar-refractivity contribution in [2.75, 3.05) is 7.05 Å². The van der Waals surface area contributed by atoms with Crippen molar-refractivity contribution in [1.29, 1.82) is 5.26 Å². The van der Waals surface area contributed by atoms with Gasteiger partial charge in [0.05, 0.1) is 11.6 Å². The van der Waals surface area contributed by atoms with Crippen molar-refractivity contribution in [3.8, 4) is 6.07 Å². The second-order valence-corrected chi connectivity index (χ2v) is 7.94. The van der Waals surface area contributed by atoms with Gasteiger partial charge in [0.2, 0.25) is 0 Å². The molecule has 1 fully saturated rings. The van der Waals surface area contributed by atoms with Gasteiger partial charge < -0.3 is 9.64 Å². The van der Waals surface area contributed by atoms with Crippen LogP contribution in [0.3, 0.4) is 0 Å². The summed E-state index contributed by atoms with van der Waals surface area (Å²) in [5.74, 6) is -0.808. The van der Waals surface area contributed by atoms with Crippen molar-refractivity contribution < 1.29 is 14.3 Å². The van der Waals surface area contributed by atoms with Crippen LogP contribution in [0.25, 0.3) is 0 Å². The Morgan fingerprint density at radius 1 is 1.33 bits per heavy atom. The number of esters is 1. The molecule has 0 aromatic carbocycles. The van der Waals surface area contributed by atoms with Gasteiger partial charge in [0, 0.05) is 16.8 Å². The minimum atomic E-state index is -0.908. The lowest BCUT2D eigenvalue weighted by Crippen LogP contribution is -2.53. The van der Waals surface area contributed by atoms with Gasteiger partial charge in [0.1, 0.15) is 5.54 Å². The maximum atomic E-state index is 12.7. The van der Waals surface area contributed by atoms with Crippen molar-refractivity contribution >= 4 is 23.2 Å². The summed E-state index contributed by atoms with van der Waals surface area (Å²) >= 11 is 1.53. The first-order valence-corrected chi connectivity index (χ1v) is 9.09. The number of hydrogen-bond acceptors (Lipinski definition) is 5. The van der Waals surface area contributed by atoms with Gasteiger partial charge in [0.15, 0.2) is 6.10 Å². The second-order valence-electron chi connectivity index (χ2n) is 6.48. The Morgan fingerprint density at radius 2 is 1.96 bits per heavy atom. The summed E-state index contributed by atoms with van der Waals surface area (Å²) in [5, 5.41) is 9.59. The molecule has 0 spiro atoms. The van der Waals surface area contributed by atoms with Gasteiger partial charge in [-0.2, -0.15) is 5.26 Å². The fourth-order valence-corrected chi connectivity index (χ4v) is 4.16. The van der Waals surface area contributed by atoms with Crippen LogP contribution < -0.4 is 0 Å². The zero-order chi connectivity index (χ0) is 17.9. The molecule has 24 heavy (non-hydrogen) atoms. The fraction of sp³-hybridized carbons (Fsp3) is 0.611. The molecule has 2 rings (SSSR count). The van der Waals surface area contributed by atoms with Crippen molar-refractivity contribution in [1.82, 2.24) is 4.90 Å². The summed E-state index contributed by atoms with van der Waals surface area (Å²) in [4.78, 5) is 28.3. The Hall–Kier alpha value is -1.87. The van der Waals surface area contributed by atoms with Gasteiger partial charge in [0.25, 0.3) is 5.91 Å². The van der Waals surface area contributed by atoms with E-state index < -0.39 is 17.6 Å². The molecule has 5 nitrogen and oxygen atoms in total. The van der Waals surface area contributed by atoms with Gasteiger partial charge in [-0.1, -0.05) is 19.3 Å². The molecule has 1 atom stereocenters. The average molecular weight is 348 g/mol. The summed E-state index contributed by atoms with van der Waals surface area (Å²) in [5.41, 5.74) is -0.266. The number of carbonyl (C=O) groups excluding carboxylic acids is 2. The number of hydrogen-bond donors (Lipinski definition) is 0. The Morgan fingerprint density at radius 3 is 2.46 bits per heavy atom. The predicted octanol–water partition coefficient (Wildman–Crippen LogP) is 3.60. The van der Waals surface area contributed by atoms with Crippen LogP contribution in [0.5, 0.6) is 0 Å². The second kappa shape index (κ2) is 7.35. The molecule has 0 N–H and O–H groups in total. The lowest BCUT2D eigenvalue weighted by Gasteiger charge is -2.39. The molecule has 130 valence electrons. The number of likely N-dealkylation sites (N-methyl/N-ethyl adjacent to an activating group) is 1. The molecule has 1 amide bonds.